The normalized spacial score (nSPS) is 12.2. The van der Waals surface area contributed by atoms with Crippen LogP contribution in [0.1, 0.15) is 16.2 Å². The van der Waals surface area contributed by atoms with Gasteiger partial charge in [-0.05, 0) is 19.1 Å². The maximum Gasteiger partial charge on any atom is 0.301 e. The quantitative estimate of drug-likeness (QED) is 0.735. The topological polar surface area (TPSA) is 69.6 Å². The molecule has 120 valence electrons. The van der Waals surface area contributed by atoms with E-state index in [1.54, 1.807) is 30.7 Å². The van der Waals surface area contributed by atoms with Crippen LogP contribution in [0.25, 0.3) is 10.2 Å². The van der Waals surface area contributed by atoms with Crippen molar-refractivity contribution in [3.8, 4) is 0 Å². The molecule has 0 fully saturated rings. The second-order valence-corrected chi connectivity index (χ2v) is 5.86. The van der Waals surface area contributed by atoms with Crippen LogP contribution in [0.2, 0.25) is 0 Å². The molecule has 0 atom stereocenters. The summed E-state index contributed by atoms with van der Waals surface area (Å²) in [6.07, 6.45) is 0. The van der Waals surface area contributed by atoms with E-state index in [0.717, 1.165) is 0 Å². The molecule has 23 heavy (non-hydrogen) atoms. The van der Waals surface area contributed by atoms with E-state index in [0.29, 0.717) is 33.9 Å². The number of hydrogen-bond acceptors (Lipinski definition) is 5. The van der Waals surface area contributed by atoms with Crippen molar-refractivity contribution in [2.45, 2.75) is 13.5 Å². The fraction of sp³-hybridized carbons (Fsp3) is 0.267. The van der Waals surface area contributed by atoms with Gasteiger partial charge in [0, 0.05) is 19.7 Å². The van der Waals surface area contributed by atoms with Gasteiger partial charge < -0.3 is 13.8 Å². The Kier molecular flexibility index (Phi) is 4.35. The van der Waals surface area contributed by atoms with Gasteiger partial charge in [-0.1, -0.05) is 22.6 Å². The highest BCUT2D eigenvalue weighted by atomic mass is 32.1. The third kappa shape index (κ3) is 3.08. The van der Waals surface area contributed by atoms with Crippen molar-refractivity contribution in [1.29, 1.82) is 0 Å². The second kappa shape index (κ2) is 6.43. The molecule has 0 saturated carbocycles. The molecule has 3 aromatic rings. The predicted molar refractivity (Wildman–Crippen MR) is 82.8 cm³/mol. The number of halogens is 1. The second-order valence-electron chi connectivity index (χ2n) is 4.86. The van der Waals surface area contributed by atoms with Crippen molar-refractivity contribution in [2.24, 2.45) is 4.99 Å². The SMILES string of the molecule is COCCn1c(=NC(=O)c2cc(C)on2)sc2cccc(F)c21. The number of aromatic nitrogens is 2. The first-order valence-electron chi connectivity index (χ1n) is 6.89. The lowest BCUT2D eigenvalue weighted by Crippen LogP contribution is -2.20. The molecule has 1 amide bonds. The van der Waals surface area contributed by atoms with E-state index in [1.165, 1.54) is 23.5 Å². The number of carbonyl (C=O) groups excluding carboxylic acids is 1. The lowest BCUT2D eigenvalue weighted by Gasteiger charge is -2.04. The van der Waals surface area contributed by atoms with Crippen LogP contribution >= 0.6 is 11.3 Å². The molecule has 6 nitrogen and oxygen atoms in total. The van der Waals surface area contributed by atoms with Gasteiger partial charge in [-0.3, -0.25) is 4.79 Å². The molecule has 0 unspecified atom stereocenters. The van der Waals surface area contributed by atoms with E-state index in [9.17, 15) is 9.18 Å². The van der Waals surface area contributed by atoms with Gasteiger partial charge in [0.25, 0.3) is 0 Å². The highest BCUT2D eigenvalue weighted by molar-refractivity contribution is 7.16. The monoisotopic (exact) mass is 335 g/mol. The zero-order chi connectivity index (χ0) is 16.4. The molecule has 2 aromatic heterocycles. The molecule has 0 radical (unpaired) electrons. The highest BCUT2D eigenvalue weighted by Gasteiger charge is 2.14. The number of carbonyl (C=O) groups is 1. The number of aryl methyl sites for hydroxylation is 1. The Hall–Kier alpha value is -2.32. The number of thiazole rings is 1. The summed E-state index contributed by atoms with van der Waals surface area (Å²) >= 11 is 1.24. The molecule has 0 aliphatic heterocycles. The Balaban J connectivity index is 2.14. The maximum atomic E-state index is 14.1. The third-order valence-corrected chi connectivity index (χ3v) is 4.26. The first-order valence-corrected chi connectivity index (χ1v) is 7.71. The Bertz CT molecular complexity index is 926. The summed E-state index contributed by atoms with van der Waals surface area (Å²) in [4.78, 5) is 16.7. The predicted octanol–water partition coefficient (Wildman–Crippen LogP) is 2.53. The summed E-state index contributed by atoms with van der Waals surface area (Å²) in [5, 5.41) is 3.65. The number of fused-ring (bicyclic) bond motifs is 1. The van der Waals surface area contributed by atoms with Crippen LogP contribution < -0.4 is 4.80 Å². The zero-order valence-corrected chi connectivity index (χ0v) is 13.4. The van der Waals surface area contributed by atoms with E-state index < -0.39 is 5.91 Å². The fourth-order valence-corrected chi connectivity index (χ4v) is 3.24. The number of hydrogen-bond donors (Lipinski definition) is 0. The van der Waals surface area contributed by atoms with Crippen LogP contribution in [0, 0.1) is 12.7 Å². The minimum Gasteiger partial charge on any atom is -0.383 e. The van der Waals surface area contributed by atoms with Gasteiger partial charge in [-0.15, -0.1) is 0 Å². The Labute approximate surface area is 134 Å². The van der Waals surface area contributed by atoms with Gasteiger partial charge in [0.05, 0.1) is 16.8 Å². The zero-order valence-electron chi connectivity index (χ0n) is 12.6. The molecule has 8 heteroatoms. The molecule has 0 aliphatic rings. The van der Waals surface area contributed by atoms with Gasteiger partial charge in [0.2, 0.25) is 0 Å². The van der Waals surface area contributed by atoms with E-state index in [2.05, 4.69) is 10.1 Å². The van der Waals surface area contributed by atoms with E-state index >= 15 is 0 Å². The summed E-state index contributed by atoms with van der Waals surface area (Å²) in [5.74, 6) is -0.362. The number of nitrogens with zero attached hydrogens (tertiary/aromatic N) is 3. The molecular weight excluding hydrogens is 321 g/mol. The number of ether oxygens (including phenoxy) is 1. The summed E-state index contributed by atoms with van der Waals surface area (Å²) < 4.78 is 26.4. The summed E-state index contributed by atoms with van der Waals surface area (Å²) in [6.45, 7) is 2.46. The van der Waals surface area contributed by atoms with E-state index in [1.807, 2.05) is 0 Å². The Morgan fingerprint density at radius 3 is 3.04 bits per heavy atom. The van der Waals surface area contributed by atoms with Crippen molar-refractivity contribution in [3.63, 3.8) is 0 Å². The number of amides is 1. The van der Waals surface area contributed by atoms with Crippen molar-refractivity contribution in [1.82, 2.24) is 9.72 Å². The number of para-hydroxylation sites is 1. The van der Waals surface area contributed by atoms with Gasteiger partial charge in [0.15, 0.2) is 10.5 Å². The lowest BCUT2D eigenvalue weighted by atomic mass is 10.3. The average Bonchev–Trinajstić information content (AvgIpc) is 3.10. The van der Waals surface area contributed by atoms with Crippen molar-refractivity contribution < 1.29 is 18.4 Å². The standard InChI is InChI=1S/C15H14FN3O3S/c1-9-8-11(18-22-9)14(20)17-15-19(6-7-21-2)13-10(16)4-3-5-12(13)23-15/h3-5,8H,6-7H2,1-2H3. The third-order valence-electron chi connectivity index (χ3n) is 3.22. The van der Waals surface area contributed by atoms with Crippen LogP contribution in [0.15, 0.2) is 33.8 Å². The smallest absolute Gasteiger partial charge is 0.301 e. The molecule has 0 saturated heterocycles. The maximum absolute atomic E-state index is 14.1. The van der Waals surface area contributed by atoms with Crippen LogP contribution in [-0.2, 0) is 11.3 Å². The largest absolute Gasteiger partial charge is 0.383 e. The Morgan fingerprint density at radius 2 is 2.35 bits per heavy atom. The van der Waals surface area contributed by atoms with E-state index in [-0.39, 0.29) is 11.5 Å². The molecule has 3 rings (SSSR count). The highest BCUT2D eigenvalue weighted by Crippen LogP contribution is 2.20. The van der Waals surface area contributed by atoms with E-state index in [4.69, 9.17) is 9.26 Å². The molecule has 0 N–H and O–H groups in total. The molecule has 2 heterocycles. The van der Waals surface area contributed by atoms with Gasteiger partial charge in [-0.2, -0.15) is 4.99 Å². The minimum atomic E-state index is -0.528. The first-order chi connectivity index (χ1) is 11.1. The summed E-state index contributed by atoms with van der Waals surface area (Å²) in [7, 11) is 1.56. The first kappa shape index (κ1) is 15.6. The molecular formula is C15H14FN3O3S. The summed E-state index contributed by atoms with van der Waals surface area (Å²) in [5.41, 5.74) is 0.538. The molecule has 1 aromatic carbocycles. The van der Waals surface area contributed by atoms with Crippen LogP contribution in [-0.4, -0.2) is 29.3 Å². The molecule has 0 spiro atoms. The lowest BCUT2D eigenvalue weighted by molar-refractivity contribution is 0.0988. The molecule has 0 bridgehead atoms. The van der Waals surface area contributed by atoms with Gasteiger partial charge in [-0.25, -0.2) is 4.39 Å². The molecule has 0 aliphatic carbocycles. The average molecular weight is 335 g/mol. The summed E-state index contributed by atoms with van der Waals surface area (Å²) in [6, 6.07) is 6.31. The van der Waals surface area contributed by atoms with Crippen LogP contribution in [0.4, 0.5) is 4.39 Å². The van der Waals surface area contributed by atoms with Crippen molar-refractivity contribution in [2.75, 3.05) is 13.7 Å². The number of rotatable bonds is 4. The van der Waals surface area contributed by atoms with Crippen molar-refractivity contribution in [3.05, 3.63) is 46.3 Å². The van der Waals surface area contributed by atoms with Crippen LogP contribution in [0.5, 0.6) is 0 Å². The van der Waals surface area contributed by atoms with Crippen molar-refractivity contribution >= 4 is 27.5 Å². The minimum absolute atomic E-state index is 0.124. The van der Waals surface area contributed by atoms with Gasteiger partial charge in [0.1, 0.15) is 11.6 Å². The van der Waals surface area contributed by atoms with Gasteiger partial charge >= 0.3 is 5.91 Å². The Morgan fingerprint density at radius 1 is 1.52 bits per heavy atom. The number of benzene rings is 1. The van der Waals surface area contributed by atoms with Crippen LogP contribution in [0.3, 0.4) is 0 Å². The number of methoxy groups -OCH3 is 1. The fourth-order valence-electron chi connectivity index (χ4n) is 2.17.